The fourth-order valence-corrected chi connectivity index (χ4v) is 3.47. The van der Waals surface area contributed by atoms with E-state index < -0.39 is 0 Å². The van der Waals surface area contributed by atoms with Crippen molar-refractivity contribution in [2.24, 2.45) is 0 Å². The number of hydrogen-bond acceptors (Lipinski definition) is 3. The van der Waals surface area contributed by atoms with E-state index in [-0.39, 0.29) is 6.10 Å². The first kappa shape index (κ1) is 10.1. The van der Waals surface area contributed by atoms with Crippen LogP contribution in [0.2, 0.25) is 0 Å². The lowest BCUT2D eigenvalue weighted by molar-refractivity contribution is 0.0534. The maximum Gasteiger partial charge on any atom is 0.0570 e. The third-order valence-corrected chi connectivity index (χ3v) is 4.42. The lowest BCUT2D eigenvalue weighted by Gasteiger charge is -2.38. The Morgan fingerprint density at radius 3 is 2.73 bits per heavy atom. The number of nitrogens with zero attached hydrogens (tertiary/aromatic N) is 1. The summed E-state index contributed by atoms with van der Waals surface area (Å²) in [5.74, 6) is 0. The average Bonchev–Trinajstić information content (AvgIpc) is 2.60. The van der Waals surface area contributed by atoms with Gasteiger partial charge in [0.2, 0.25) is 0 Å². The monoisotopic (exact) mass is 210 g/mol. The Hall–Kier alpha value is -0.120. The second-order valence-electron chi connectivity index (χ2n) is 5.48. The molecule has 3 aliphatic rings. The number of piperidine rings is 1. The summed E-state index contributed by atoms with van der Waals surface area (Å²) in [7, 11) is 0. The van der Waals surface area contributed by atoms with Crippen LogP contribution >= 0.6 is 0 Å². The van der Waals surface area contributed by atoms with Gasteiger partial charge in [-0.15, -0.1) is 0 Å². The third-order valence-electron chi connectivity index (χ3n) is 4.42. The summed E-state index contributed by atoms with van der Waals surface area (Å²) in [4.78, 5) is 2.66. The molecular weight excluding hydrogens is 188 g/mol. The minimum Gasteiger partial charge on any atom is -0.393 e. The van der Waals surface area contributed by atoms with E-state index in [1.165, 1.54) is 38.8 Å². The zero-order valence-corrected chi connectivity index (χ0v) is 9.36. The summed E-state index contributed by atoms with van der Waals surface area (Å²) in [5.41, 5.74) is 0. The SMILES string of the molecule is OC1CC(NC2CCN3CCCCC23)C1. The molecule has 0 aromatic carbocycles. The van der Waals surface area contributed by atoms with Crippen LogP contribution in [0, 0.1) is 0 Å². The molecule has 0 spiro atoms. The van der Waals surface area contributed by atoms with Gasteiger partial charge in [-0.3, -0.25) is 4.90 Å². The number of aliphatic hydroxyl groups is 1. The molecule has 15 heavy (non-hydrogen) atoms. The molecule has 2 saturated heterocycles. The van der Waals surface area contributed by atoms with E-state index in [0.29, 0.717) is 12.1 Å². The molecule has 2 heterocycles. The standard InChI is InChI=1S/C12H22N2O/c15-10-7-9(8-10)13-11-4-6-14-5-2-1-3-12(11)14/h9-13,15H,1-8H2. The number of fused-ring (bicyclic) bond motifs is 1. The van der Waals surface area contributed by atoms with Crippen LogP contribution in [-0.4, -0.2) is 47.3 Å². The molecule has 0 aromatic rings. The molecule has 2 atom stereocenters. The van der Waals surface area contributed by atoms with E-state index in [4.69, 9.17) is 0 Å². The van der Waals surface area contributed by atoms with Crippen molar-refractivity contribution in [3.8, 4) is 0 Å². The largest absolute Gasteiger partial charge is 0.393 e. The number of aliphatic hydroxyl groups excluding tert-OH is 1. The van der Waals surface area contributed by atoms with Crippen LogP contribution < -0.4 is 5.32 Å². The molecule has 0 amide bonds. The Bertz CT molecular complexity index is 228. The smallest absolute Gasteiger partial charge is 0.0570 e. The number of hydrogen-bond donors (Lipinski definition) is 2. The van der Waals surface area contributed by atoms with Crippen LogP contribution in [0.4, 0.5) is 0 Å². The summed E-state index contributed by atoms with van der Waals surface area (Å²) >= 11 is 0. The summed E-state index contributed by atoms with van der Waals surface area (Å²) < 4.78 is 0. The Morgan fingerprint density at radius 1 is 1.07 bits per heavy atom. The minimum atomic E-state index is -0.0219. The van der Waals surface area contributed by atoms with Crippen LogP contribution in [0.1, 0.15) is 38.5 Å². The van der Waals surface area contributed by atoms with E-state index >= 15 is 0 Å². The maximum absolute atomic E-state index is 9.27. The topological polar surface area (TPSA) is 35.5 Å². The molecule has 0 radical (unpaired) electrons. The van der Waals surface area contributed by atoms with Crippen molar-refractivity contribution >= 4 is 0 Å². The van der Waals surface area contributed by atoms with Crippen molar-refractivity contribution in [3.05, 3.63) is 0 Å². The minimum absolute atomic E-state index is 0.0219. The normalized spacial score (nSPS) is 46.2. The average molecular weight is 210 g/mol. The van der Waals surface area contributed by atoms with Crippen LogP contribution in [0.3, 0.4) is 0 Å². The molecule has 3 nitrogen and oxygen atoms in total. The molecule has 86 valence electrons. The summed E-state index contributed by atoms with van der Waals surface area (Å²) in [6.07, 6.45) is 7.43. The Morgan fingerprint density at radius 2 is 1.93 bits per heavy atom. The molecule has 1 aliphatic carbocycles. The predicted octanol–water partition coefficient (Wildman–Crippen LogP) is 0.726. The van der Waals surface area contributed by atoms with Crippen molar-refractivity contribution in [2.75, 3.05) is 13.1 Å². The van der Waals surface area contributed by atoms with E-state index in [1.807, 2.05) is 0 Å². The highest BCUT2D eigenvalue weighted by Gasteiger charge is 2.38. The zero-order chi connectivity index (χ0) is 10.3. The first-order valence-electron chi connectivity index (χ1n) is 6.51. The Balaban J connectivity index is 1.53. The predicted molar refractivity (Wildman–Crippen MR) is 59.8 cm³/mol. The highest BCUT2D eigenvalue weighted by atomic mass is 16.3. The van der Waals surface area contributed by atoms with Gasteiger partial charge >= 0.3 is 0 Å². The van der Waals surface area contributed by atoms with Gasteiger partial charge in [-0.1, -0.05) is 6.42 Å². The molecule has 2 N–H and O–H groups in total. The van der Waals surface area contributed by atoms with Gasteiger partial charge in [0.25, 0.3) is 0 Å². The first-order valence-corrected chi connectivity index (χ1v) is 6.51. The molecule has 0 bridgehead atoms. The fraction of sp³-hybridized carbons (Fsp3) is 1.00. The van der Waals surface area contributed by atoms with E-state index in [1.54, 1.807) is 0 Å². The zero-order valence-electron chi connectivity index (χ0n) is 9.36. The molecule has 3 rings (SSSR count). The van der Waals surface area contributed by atoms with Gasteiger partial charge in [-0.25, -0.2) is 0 Å². The third kappa shape index (κ3) is 1.93. The molecule has 2 aliphatic heterocycles. The van der Waals surface area contributed by atoms with Crippen molar-refractivity contribution < 1.29 is 5.11 Å². The second-order valence-corrected chi connectivity index (χ2v) is 5.48. The van der Waals surface area contributed by atoms with Crippen molar-refractivity contribution in [2.45, 2.75) is 62.8 Å². The van der Waals surface area contributed by atoms with Gasteiger partial charge in [0.1, 0.15) is 0 Å². The maximum atomic E-state index is 9.27. The van der Waals surface area contributed by atoms with Gasteiger partial charge in [-0.2, -0.15) is 0 Å². The van der Waals surface area contributed by atoms with Crippen LogP contribution in [0.5, 0.6) is 0 Å². The van der Waals surface area contributed by atoms with Crippen LogP contribution in [0.25, 0.3) is 0 Å². The highest BCUT2D eigenvalue weighted by Crippen LogP contribution is 2.29. The van der Waals surface area contributed by atoms with Crippen molar-refractivity contribution in [1.82, 2.24) is 10.2 Å². The van der Waals surface area contributed by atoms with Gasteiger partial charge in [-0.05, 0) is 38.6 Å². The van der Waals surface area contributed by atoms with Crippen LogP contribution in [-0.2, 0) is 0 Å². The van der Waals surface area contributed by atoms with E-state index in [2.05, 4.69) is 10.2 Å². The molecule has 2 unspecified atom stereocenters. The van der Waals surface area contributed by atoms with Gasteiger partial charge in [0.15, 0.2) is 0 Å². The Labute approximate surface area is 91.8 Å². The van der Waals surface area contributed by atoms with E-state index in [9.17, 15) is 5.11 Å². The first-order chi connectivity index (χ1) is 7.33. The molecular formula is C12H22N2O. The molecule has 3 fully saturated rings. The van der Waals surface area contributed by atoms with Crippen LogP contribution in [0.15, 0.2) is 0 Å². The Kier molecular flexibility index (Phi) is 2.71. The summed E-state index contributed by atoms with van der Waals surface area (Å²) in [6, 6.07) is 2.12. The fourth-order valence-electron chi connectivity index (χ4n) is 3.47. The second kappa shape index (κ2) is 4.04. The number of nitrogens with one attached hydrogen (secondary N) is 1. The van der Waals surface area contributed by atoms with Gasteiger partial charge in [0.05, 0.1) is 6.10 Å². The lowest BCUT2D eigenvalue weighted by Crippen LogP contribution is -2.53. The number of rotatable bonds is 2. The summed E-state index contributed by atoms with van der Waals surface area (Å²) in [5, 5.41) is 13.0. The molecule has 3 heteroatoms. The lowest BCUT2D eigenvalue weighted by atomic mass is 9.87. The highest BCUT2D eigenvalue weighted by molar-refractivity contribution is 4.97. The van der Waals surface area contributed by atoms with Crippen molar-refractivity contribution in [1.29, 1.82) is 0 Å². The quantitative estimate of drug-likeness (QED) is 0.705. The molecule has 0 aromatic heterocycles. The van der Waals surface area contributed by atoms with E-state index in [0.717, 1.165) is 18.9 Å². The summed E-state index contributed by atoms with van der Waals surface area (Å²) in [6.45, 7) is 2.60. The molecule has 1 saturated carbocycles. The van der Waals surface area contributed by atoms with Crippen molar-refractivity contribution in [3.63, 3.8) is 0 Å². The van der Waals surface area contributed by atoms with Gasteiger partial charge in [0, 0.05) is 24.7 Å². The van der Waals surface area contributed by atoms with Gasteiger partial charge < -0.3 is 10.4 Å².